The number of nitrogens with zero attached hydrogens (tertiary/aromatic N) is 1. The second-order valence-corrected chi connectivity index (χ2v) is 8.55. The van der Waals surface area contributed by atoms with Crippen LogP contribution in [0.5, 0.6) is 5.75 Å². The van der Waals surface area contributed by atoms with Crippen molar-refractivity contribution < 1.29 is 17.9 Å². The predicted octanol–water partition coefficient (Wildman–Crippen LogP) is 3.97. The van der Waals surface area contributed by atoms with Crippen LogP contribution in [0.3, 0.4) is 0 Å². The molecule has 28 heavy (non-hydrogen) atoms. The van der Waals surface area contributed by atoms with Crippen molar-refractivity contribution >= 4 is 21.7 Å². The molecule has 0 saturated heterocycles. The van der Waals surface area contributed by atoms with E-state index in [1.165, 1.54) is 16.4 Å². The number of carbonyl (C=O) groups is 1. The van der Waals surface area contributed by atoms with Gasteiger partial charge in [-0.15, -0.1) is 0 Å². The molecule has 1 heterocycles. The topological polar surface area (TPSA) is 63.7 Å². The summed E-state index contributed by atoms with van der Waals surface area (Å²) < 4.78 is 33.1. The zero-order valence-corrected chi connectivity index (χ0v) is 16.1. The summed E-state index contributed by atoms with van der Waals surface area (Å²) in [5.41, 5.74) is 2.85. The van der Waals surface area contributed by atoms with Crippen LogP contribution in [0.15, 0.2) is 77.7 Å². The van der Waals surface area contributed by atoms with Crippen LogP contribution in [0, 0.1) is 6.92 Å². The van der Waals surface area contributed by atoms with E-state index in [0.29, 0.717) is 24.4 Å². The van der Waals surface area contributed by atoms with Gasteiger partial charge in [-0.3, -0.25) is 4.31 Å². The summed E-state index contributed by atoms with van der Waals surface area (Å²) in [5, 5.41) is 0. The number of para-hydroxylation sites is 1. The molecule has 0 saturated carbocycles. The summed E-state index contributed by atoms with van der Waals surface area (Å²) in [6.45, 7) is 2.29. The number of anilines is 1. The van der Waals surface area contributed by atoms with Gasteiger partial charge in [0.15, 0.2) is 0 Å². The highest BCUT2D eigenvalue weighted by Crippen LogP contribution is 2.32. The fourth-order valence-corrected chi connectivity index (χ4v) is 4.86. The molecule has 0 N–H and O–H groups in total. The molecule has 0 spiro atoms. The molecule has 3 aromatic rings. The lowest BCUT2D eigenvalue weighted by molar-refractivity contribution is 0.0734. The SMILES string of the molecule is Cc1cccc(OC(=O)c2cccc(S(=O)(=O)N3CCc4ccccc43)c2)c1. The van der Waals surface area contributed by atoms with Crippen LogP contribution in [0.2, 0.25) is 0 Å². The number of rotatable bonds is 4. The monoisotopic (exact) mass is 393 g/mol. The lowest BCUT2D eigenvalue weighted by Crippen LogP contribution is -2.29. The maximum Gasteiger partial charge on any atom is 0.343 e. The van der Waals surface area contributed by atoms with Crippen molar-refractivity contribution in [2.45, 2.75) is 18.2 Å². The summed E-state index contributed by atoms with van der Waals surface area (Å²) in [5.74, 6) is -0.170. The molecule has 0 bridgehead atoms. The van der Waals surface area contributed by atoms with Crippen LogP contribution in [0.25, 0.3) is 0 Å². The molecule has 3 aromatic carbocycles. The van der Waals surface area contributed by atoms with Crippen molar-refractivity contribution in [1.82, 2.24) is 0 Å². The van der Waals surface area contributed by atoms with E-state index in [0.717, 1.165) is 11.1 Å². The average molecular weight is 393 g/mol. The Balaban J connectivity index is 1.62. The zero-order chi connectivity index (χ0) is 19.7. The molecular weight excluding hydrogens is 374 g/mol. The van der Waals surface area contributed by atoms with Gasteiger partial charge in [0, 0.05) is 6.54 Å². The third kappa shape index (κ3) is 3.39. The first kappa shape index (κ1) is 18.3. The Bertz CT molecular complexity index is 1150. The van der Waals surface area contributed by atoms with Crippen molar-refractivity contribution in [3.63, 3.8) is 0 Å². The smallest absolute Gasteiger partial charge is 0.343 e. The van der Waals surface area contributed by atoms with E-state index in [2.05, 4.69) is 0 Å². The first-order valence-corrected chi connectivity index (χ1v) is 10.4. The average Bonchev–Trinajstić information content (AvgIpc) is 3.13. The van der Waals surface area contributed by atoms with E-state index >= 15 is 0 Å². The van der Waals surface area contributed by atoms with Gasteiger partial charge in [0.2, 0.25) is 0 Å². The van der Waals surface area contributed by atoms with Gasteiger partial charge in [-0.25, -0.2) is 13.2 Å². The second kappa shape index (κ2) is 7.13. The molecule has 0 radical (unpaired) electrons. The molecule has 0 atom stereocenters. The summed E-state index contributed by atoms with van der Waals surface area (Å²) in [6, 6.07) is 20.6. The molecule has 0 aliphatic carbocycles. The number of hydrogen-bond acceptors (Lipinski definition) is 4. The molecule has 0 fully saturated rings. The van der Waals surface area contributed by atoms with E-state index in [9.17, 15) is 13.2 Å². The number of aryl methyl sites for hydroxylation is 1. The van der Waals surface area contributed by atoms with Crippen LogP contribution in [-0.2, 0) is 16.4 Å². The first-order chi connectivity index (χ1) is 13.4. The summed E-state index contributed by atoms with van der Waals surface area (Å²) in [7, 11) is -3.76. The van der Waals surface area contributed by atoms with Crippen LogP contribution in [0.4, 0.5) is 5.69 Å². The van der Waals surface area contributed by atoms with Crippen molar-refractivity contribution in [2.75, 3.05) is 10.8 Å². The van der Waals surface area contributed by atoms with Crippen LogP contribution in [0.1, 0.15) is 21.5 Å². The minimum absolute atomic E-state index is 0.0721. The maximum atomic E-state index is 13.1. The molecular formula is C22H19NO4S. The normalized spacial score (nSPS) is 13.2. The minimum Gasteiger partial charge on any atom is -0.423 e. The van der Waals surface area contributed by atoms with Crippen LogP contribution < -0.4 is 9.04 Å². The Kier molecular flexibility index (Phi) is 4.65. The number of fused-ring (bicyclic) bond motifs is 1. The fourth-order valence-electron chi connectivity index (χ4n) is 3.31. The molecule has 4 rings (SSSR count). The van der Waals surface area contributed by atoms with E-state index in [-0.39, 0.29) is 10.5 Å². The number of ether oxygens (including phenoxy) is 1. The molecule has 0 aromatic heterocycles. The van der Waals surface area contributed by atoms with E-state index in [1.54, 1.807) is 36.4 Å². The third-order valence-electron chi connectivity index (χ3n) is 4.70. The van der Waals surface area contributed by atoms with Crippen LogP contribution >= 0.6 is 0 Å². The lowest BCUT2D eigenvalue weighted by atomic mass is 10.2. The number of carbonyl (C=O) groups excluding carboxylic acids is 1. The van der Waals surface area contributed by atoms with Gasteiger partial charge in [0.25, 0.3) is 10.0 Å². The largest absolute Gasteiger partial charge is 0.423 e. The summed E-state index contributed by atoms with van der Waals surface area (Å²) in [6.07, 6.45) is 0.671. The molecule has 5 nitrogen and oxygen atoms in total. The number of hydrogen-bond donors (Lipinski definition) is 0. The molecule has 1 aliphatic rings. The van der Waals surface area contributed by atoms with Crippen molar-refractivity contribution in [2.24, 2.45) is 0 Å². The fraction of sp³-hybridized carbons (Fsp3) is 0.136. The van der Waals surface area contributed by atoms with Gasteiger partial charge < -0.3 is 4.74 Å². The molecule has 142 valence electrons. The zero-order valence-electron chi connectivity index (χ0n) is 15.3. The predicted molar refractivity (Wildman–Crippen MR) is 107 cm³/mol. The van der Waals surface area contributed by atoms with Gasteiger partial charge in [-0.2, -0.15) is 0 Å². The van der Waals surface area contributed by atoms with Crippen LogP contribution in [-0.4, -0.2) is 20.9 Å². The van der Waals surface area contributed by atoms with Gasteiger partial charge in [-0.05, 0) is 60.9 Å². The number of benzene rings is 3. The standard InChI is InChI=1S/C22H19NO4S/c1-16-6-4-9-19(14-16)27-22(24)18-8-5-10-20(15-18)28(25,26)23-13-12-17-7-2-3-11-21(17)23/h2-11,14-15H,12-13H2,1H3. The number of esters is 1. The van der Waals surface area contributed by atoms with E-state index in [4.69, 9.17) is 4.74 Å². The highest BCUT2D eigenvalue weighted by molar-refractivity contribution is 7.92. The van der Waals surface area contributed by atoms with Crippen molar-refractivity contribution in [3.05, 3.63) is 89.5 Å². The highest BCUT2D eigenvalue weighted by atomic mass is 32.2. The summed E-state index contributed by atoms with van der Waals surface area (Å²) >= 11 is 0. The Morgan fingerprint density at radius 3 is 2.57 bits per heavy atom. The van der Waals surface area contributed by atoms with Gasteiger partial charge in [0.05, 0.1) is 16.1 Å². The van der Waals surface area contributed by atoms with Gasteiger partial charge in [0.1, 0.15) is 5.75 Å². The third-order valence-corrected chi connectivity index (χ3v) is 6.51. The Hall–Kier alpha value is -3.12. The maximum absolute atomic E-state index is 13.1. The lowest BCUT2D eigenvalue weighted by Gasteiger charge is -2.19. The minimum atomic E-state index is -3.76. The van der Waals surface area contributed by atoms with Crippen molar-refractivity contribution in [3.8, 4) is 5.75 Å². The molecule has 1 aliphatic heterocycles. The first-order valence-electron chi connectivity index (χ1n) is 8.95. The molecule has 0 unspecified atom stereocenters. The van der Waals surface area contributed by atoms with E-state index < -0.39 is 16.0 Å². The van der Waals surface area contributed by atoms with Gasteiger partial charge in [-0.1, -0.05) is 36.4 Å². The van der Waals surface area contributed by atoms with E-state index in [1.807, 2.05) is 31.2 Å². The molecule has 0 amide bonds. The summed E-state index contributed by atoms with van der Waals surface area (Å²) in [4.78, 5) is 12.6. The van der Waals surface area contributed by atoms with Crippen molar-refractivity contribution in [1.29, 1.82) is 0 Å². The molecule has 6 heteroatoms. The quantitative estimate of drug-likeness (QED) is 0.497. The van der Waals surface area contributed by atoms with Gasteiger partial charge >= 0.3 is 5.97 Å². The Labute approximate surface area is 164 Å². The second-order valence-electron chi connectivity index (χ2n) is 6.69. The number of sulfonamides is 1. The Morgan fingerprint density at radius 1 is 0.964 bits per heavy atom. The highest BCUT2D eigenvalue weighted by Gasteiger charge is 2.31. The Morgan fingerprint density at radius 2 is 1.75 bits per heavy atom.